The summed E-state index contributed by atoms with van der Waals surface area (Å²) in [5, 5.41) is 14.8. The van der Waals surface area contributed by atoms with Gasteiger partial charge in [-0.25, -0.2) is 0 Å². The number of anilines is 2. The zero-order valence-electron chi connectivity index (χ0n) is 10.8. The van der Waals surface area contributed by atoms with Gasteiger partial charge in [0.25, 0.3) is 5.91 Å². The number of halogens is 1. The van der Waals surface area contributed by atoms with E-state index in [0.717, 1.165) is 22.5 Å². The molecule has 2 heterocycles. The molecule has 0 saturated carbocycles. The number of carbonyl (C=O) groups is 1. The van der Waals surface area contributed by atoms with Crippen LogP contribution in [0.2, 0.25) is 5.02 Å². The molecule has 0 radical (unpaired) electrons. The predicted molar refractivity (Wildman–Crippen MR) is 83.9 cm³/mol. The molecular formula is C16H10ClN3O. The average molecular weight is 296 g/mol. The number of fused-ring (bicyclic) bond motifs is 2. The molecule has 0 spiro atoms. The number of rotatable bonds is 0. The molecule has 2 aromatic rings. The van der Waals surface area contributed by atoms with Gasteiger partial charge in [-0.1, -0.05) is 29.8 Å². The summed E-state index contributed by atoms with van der Waals surface area (Å²) >= 11 is 6.03. The molecule has 2 aliphatic rings. The van der Waals surface area contributed by atoms with Crippen molar-refractivity contribution in [3.05, 3.63) is 64.3 Å². The first kappa shape index (κ1) is 12.2. The van der Waals surface area contributed by atoms with E-state index in [1.165, 1.54) is 0 Å². The van der Waals surface area contributed by atoms with E-state index in [-0.39, 0.29) is 5.91 Å². The first-order chi connectivity index (χ1) is 10.1. The Bertz CT molecular complexity index is 854. The Morgan fingerprint density at radius 2 is 1.71 bits per heavy atom. The van der Waals surface area contributed by atoms with Gasteiger partial charge in [0.15, 0.2) is 0 Å². The molecule has 0 aliphatic carbocycles. The molecule has 4 rings (SSSR count). The van der Waals surface area contributed by atoms with Crippen LogP contribution in [-0.4, -0.2) is 11.6 Å². The van der Waals surface area contributed by atoms with Gasteiger partial charge in [0, 0.05) is 27.5 Å². The number of carbonyl (C=O) groups excluding carboxylic acids is 1. The lowest BCUT2D eigenvalue weighted by Gasteiger charge is -2.05. The normalized spacial score (nSPS) is 19.1. The highest BCUT2D eigenvalue weighted by Crippen LogP contribution is 2.39. The minimum Gasteiger partial charge on any atom is -0.353 e. The molecule has 2 aliphatic heterocycles. The molecule has 5 heteroatoms. The second kappa shape index (κ2) is 4.20. The van der Waals surface area contributed by atoms with E-state index in [4.69, 9.17) is 17.0 Å². The molecule has 0 saturated heterocycles. The summed E-state index contributed by atoms with van der Waals surface area (Å²) in [7, 11) is 0. The van der Waals surface area contributed by atoms with Gasteiger partial charge in [-0.05, 0) is 24.3 Å². The summed E-state index contributed by atoms with van der Waals surface area (Å²) in [4.78, 5) is 12.3. The second-order valence-corrected chi connectivity index (χ2v) is 5.38. The van der Waals surface area contributed by atoms with E-state index in [0.29, 0.717) is 22.0 Å². The van der Waals surface area contributed by atoms with Crippen LogP contribution in [0.3, 0.4) is 0 Å². The van der Waals surface area contributed by atoms with Gasteiger partial charge in [0.05, 0.1) is 17.0 Å². The second-order valence-electron chi connectivity index (χ2n) is 4.94. The van der Waals surface area contributed by atoms with E-state index >= 15 is 0 Å². The summed E-state index contributed by atoms with van der Waals surface area (Å²) in [6.45, 7) is 0. The van der Waals surface area contributed by atoms with Gasteiger partial charge in [-0.2, -0.15) is 0 Å². The first-order valence-corrected chi connectivity index (χ1v) is 6.84. The number of benzene rings is 2. The summed E-state index contributed by atoms with van der Waals surface area (Å²) in [5.41, 5.74) is 4.40. The molecule has 0 unspecified atom stereocenters. The topological polar surface area (TPSA) is 65.0 Å². The SMILES string of the molecule is N=C1/C(=C2/C(=O)Nc3ccc(Cl)cc32)Nc2ccccc21. The fraction of sp³-hybridized carbons (Fsp3) is 0. The minimum absolute atomic E-state index is 0.215. The minimum atomic E-state index is -0.215. The highest BCUT2D eigenvalue weighted by atomic mass is 35.5. The van der Waals surface area contributed by atoms with Crippen LogP contribution in [0.4, 0.5) is 11.4 Å². The number of para-hydroxylation sites is 1. The monoisotopic (exact) mass is 295 g/mol. The molecule has 4 nitrogen and oxygen atoms in total. The Hall–Kier alpha value is -2.59. The summed E-state index contributed by atoms with van der Waals surface area (Å²) in [6.07, 6.45) is 0. The Labute approximate surface area is 125 Å². The van der Waals surface area contributed by atoms with Crippen molar-refractivity contribution in [2.75, 3.05) is 10.6 Å². The van der Waals surface area contributed by atoms with Crippen molar-refractivity contribution in [3.8, 4) is 0 Å². The van der Waals surface area contributed by atoms with Crippen LogP contribution >= 0.6 is 11.6 Å². The van der Waals surface area contributed by atoms with Crippen LogP contribution in [0.5, 0.6) is 0 Å². The standard InChI is InChI=1S/C16H10ClN3O/c17-8-5-6-12-10(7-8)13(16(21)20-12)15-14(18)9-3-1-2-4-11(9)19-15/h1-7,18-19H,(H,20,21)/b15-13-,18-14?. The lowest BCUT2D eigenvalue weighted by Crippen LogP contribution is -2.11. The maximum Gasteiger partial charge on any atom is 0.258 e. The van der Waals surface area contributed by atoms with Crippen LogP contribution in [-0.2, 0) is 4.79 Å². The van der Waals surface area contributed by atoms with Crippen molar-refractivity contribution in [1.82, 2.24) is 0 Å². The van der Waals surface area contributed by atoms with E-state index in [1.54, 1.807) is 18.2 Å². The average Bonchev–Trinajstić information content (AvgIpc) is 2.96. The summed E-state index contributed by atoms with van der Waals surface area (Å²) in [5.74, 6) is -0.215. The van der Waals surface area contributed by atoms with Crippen LogP contribution in [0.25, 0.3) is 5.57 Å². The van der Waals surface area contributed by atoms with E-state index in [9.17, 15) is 4.79 Å². The molecule has 1 amide bonds. The van der Waals surface area contributed by atoms with Gasteiger partial charge in [-0.3, -0.25) is 10.2 Å². The van der Waals surface area contributed by atoms with Gasteiger partial charge in [-0.15, -0.1) is 0 Å². The summed E-state index contributed by atoms with van der Waals surface area (Å²) < 4.78 is 0. The third-order valence-electron chi connectivity index (χ3n) is 3.68. The van der Waals surface area contributed by atoms with E-state index < -0.39 is 0 Å². The Balaban J connectivity index is 1.94. The van der Waals surface area contributed by atoms with Gasteiger partial charge >= 0.3 is 0 Å². The maximum absolute atomic E-state index is 12.3. The van der Waals surface area contributed by atoms with Crippen molar-refractivity contribution in [2.24, 2.45) is 0 Å². The third-order valence-corrected chi connectivity index (χ3v) is 3.92. The van der Waals surface area contributed by atoms with E-state index in [1.807, 2.05) is 24.3 Å². The van der Waals surface area contributed by atoms with Crippen LogP contribution < -0.4 is 10.6 Å². The van der Waals surface area contributed by atoms with E-state index in [2.05, 4.69) is 10.6 Å². The van der Waals surface area contributed by atoms with Crippen LogP contribution in [0.1, 0.15) is 11.1 Å². The summed E-state index contributed by atoms with van der Waals surface area (Å²) in [6, 6.07) is 12.8. The van der Waals surface area contributed by atoms with Crippen LogP contribution in [0, 0.1) is 5.41 Å². The fourth-order valence-corrected chi connectivity index (χ4v) is 2.89. The Morgan fingerprint density at radius 1 is 0.952 bits per heavy atom. The number of allylic oxidation sites excluding steroid dienone is 1. The smallest absolute Gasteiger partial charge is 0.258 e. The van der Waals surface area contributed by atoms with Gasteiger partial charge in [0.2, 0.25) is 0 Å². The van der Waals surface area contributed by atoms with Crippen molar-refractivity contribution in [3.63, 3.8) is 0 Å². The molecule has 21 heavy (non-hydrogen) atoms. The number of hydrogen-bond acceptors (Lipinski definition) is 3. The fourth-order valence-electron chi connectivity index (χ4n) is 2.72. The molecule has 0 fully saturated rings. The highest BCUT2D eigenvalue weighted by Gasteiger charge is 2.32. The Kier molecular flexibility index (Phi) is 2.43. The first-order valence-electron chi connectivity index (χ1n) is 6.46. The molecular weight excluding hydrogens is 286 g/mol. The van der Waals surface area contributed by atoms with Gasteiger partial charge in [0.1, 0.15) is 0 Å². The molecule has 102 valence electrons. The zero-order chi connectivity index (χ0) is 14.6. The quantitative estimate of drug-likeness (QED) is 0.651. The zero-order valence-corrected chi connectivity index (χ0v) is 11.6. The van der Waals surface area contributed by atoms with Crippen molar-refractivity contribution in [1.29, 1.82) is 5.41 Å². The largest absolute Gasteiger partial charge is 0.353 e. The lowest BCUT2D eigenvalue weighted by atomic mass is 10.0. The Morgan fingerprint density at radius 3 is 2.52 bits per heavy atom. The van der Waals surface area contributed by atoms with Crippen molar-refractivity contribution >= 4 is 40.2 Å². The predicted octanol–water partition coefficient (Wildman–Crippen LogP) is 3.50. The van der Waals surface area contributed by atoms with Gasteiger partial charge < -0.3 is 10.6 Å². The molecule has 0 aromatic heterocycles. The maximum atomic E-state index is 12.3. The van der Waals surface area contributed by atoms with Crippen molar-refractivity contribution in [2.45, 2.75) is 0 Å². The number of hydrogen-bond donors (Lipinski definition) is 3. The number of amides is 1. The van der Waals surface area contributed by atoms with Crippen molar-refractivity contribution < 1.29 is 4.79 Å². The lowest BCUT2D eigenvalue weighted by molar-refractivity contribution is -0.110. The molecule has 3 N–H and O–H groups in total. The third kappa shape index (κ3) is 1.69. The molecule has 0 atom stereocenters. The number of nitrogens with one attached hydrogen (secondary N) is 3. The molecule has 0 bridgehead atoms. The van der Waals surface area contributed by atoms with Crippen LogP contribution in [0.15, 0.2) is 48.2 Å². The highest BCUT2D eigenvalue weighted by molar-refractivity contribution is 6.40. The molecule has 2 aromatic carbocycles.